The minimum atomic E-state index is -4.45. The highest BCUT2D eigenvalue weighted by molar-refractivity contribution is 6.08. The molecule has 1 atom stereocenters. The third kappa shape index (κ3) is 5.39. The molecule has 8 nitrogen and oxygen atoms in total. The van der Waals surface area contributed by atoms with Gasteiger partial charge in [-0.1, -0.05) is 30.3 Å². The Bertz CT molecular complexity index is 1090. The molecule has 0 saturated carbocycles. The number of rotatable bonds is 6. The van der Waals surface area contributed by atoms with E-state index in [9.17, 15) is 27.6 Å². The molecule has 1 aromatic carbocycles. The fourth-order valence-corrected chi connectivity index (χ4v) is 4.26. The summed E-state index contributed by atoms with van der Waals surface area (Å²) in [5.41, 5.74) is -0.856. The van der Waals surface area contributed by atoms with Crippen LogP contribution in [0.3, 0.4) is 0 Å². The number of pyridine rings is 1. The van der Waals surface area contributed by atoms with E-state index in [0.717, 1.165) is 22.7 Å². The highest BCUT2D eigenvalue weighted by Crippen LogP contribution is 2.29. The lowest BCUT2D eigenvalue weighted by molar-refractivity contribution is -0.139. The standard InChI is InChI=1S/C24H26F3N5O3/c1-23(10-9-17-5-3-2-4-6-17)21(34)32(22(35)29-23)16-20(33)31-13-11-30(12-14-31)19-8-7-18(15-28-19)24(25,26)27/h2-8,15H,9-14,16H2,1H3,(H,29,35)/t23-/m0/s1. The lowest BCUT2D eigenvalue weighted by atomic mass is 9.93. The molecule has 35 heavy (non-hydrogen) atoms. The number of amides is 4. The van der Waals surface area contributed by atoms with Crippen molar-refractivity contribution >= 4 is 23.7 Å². The van der Waals surface area contributed by atoms with E-state index in [1.165, 1.54) is 6.07 Å². The van der Waals surface area contributed by atoms with Crippen molar-refractivity contribution in [2.75, 3.05) is 37.6 Å². The summed E-state index contributed by atoms with van der Waals surface area (Å²) in [5, 5.41) is 2.72. The van der Waals surface area contributed by atoms with E-state index in [0.29, 0.717) is 44.8 Å². The fraction of sp³-hybridized carbons (Fsp3) is 0.417. The fourth-order valence-electron chi connectivity index (χ4n) is 4.26. The predicted octanol–water partition coefficient (Wildman–Crippen LogP) is 2.69. The first kappa shape index (κ1) is 24.5. The zero-order valence-electron chi connectivity index (χ0n) is 19.2. The van der Waals surface area contributed by atoms with Gasteiger partial charge in [0, 0.05) is 32.4 Å². The van der Waals surface area contributed by atoms with Gasteiger partial charge in [-0.3, -0.25) is 14.5 Å². The molecule has 4 rings (SSSR count). The molecule has 11 heteroatoms. The minimum Gasteiger partial charge on any atom is -0.353 e. The van der Waals surface area contributed by atoms with Crippen molar-refractivity contribution in [2.45, 2.75) is 31.5 Å². The molecule has 0 bridgehead atoms. The monoisotopic (exact) mass is 489 g/mol. The van der Waals surface area contributed by atoms with E-state index >= 15 is 0 Å². The molecule has 1 aromatic heterocycles. The highest BCUT2D eigenvalue weighted by Gasteiger charge is 2.48. The SMILES string of the molecule is C[C@@]1(CCc2ccccc2)NC(=O)N(CC(=O)N2CCN(c3ccc(C(F)(F)F)cn3)CC2)C1=O. The van der Waals surface area contributed by atoms with Gasteiger partial charge in [0.25, 0.3) is 5.91 Å². The van der Waals surface area contributed by atoms with Crippen LogP contribution in [0.5, 0.6) is 0 Å². The van der Waals surface area contributed by atoms with Crippen LogP contribution in [-0.2, 0) is 22.2 Å². The first-order valence-electron chi connectivity index (χ1n) is 11.3. The molecule has 0 aliphatic carbocycles. The molecule has 3 heterocycles. The van der Waals surface area contributed by atoms with Gasteiger partial charge in [-0.05, 0) is 37.5 Å². The van der Waals surface area contributed by atoms with Crippen molar-refractivity contribution in [2.24, 2.45) is 0 Å². The topological polar surface area (TPSA) is 85.8 Å². The molecular weight excluding hydrogens is 463 g/mol. The number of urea groups is 1. The summed E-state index contributed by atoms with van der Waals surface area (Å²) in [6, 6.07) is 11.3. The van der Waals surface area contributed by atoms with E-state index in [2.05, 4.69) is 10.3 Å². The maximum Gasteiger partial charge on any atom is 0.417 e. The quantitative estimate of drug-likeness (QED) is 0.631. The lowest BCUT2D eigenvalue weighted by Crippen LogP contribution is -2.52. The average Bonchev–Trinajstić information content (AvgIpc) is 3.06. The Hall–Kier alpha value is -3.63. The van der Waals surface area contributed by atoms with Crippen LogP contribution in [0.25, 0.3) is 0 Å². The van der Waals surface area contributed by atoms with Gasteiger partial charge in [0.15, 0.2) is 0 Å². The second-order valence-corrected chi connectivity index (χ2v) is 8.91. The number of nitrogens with one attached hydrogen (secondary N) is 1. The Morgan fingerprint density at radius 1 is 1.06 bits per heavy atom. The summed E-state index contributed by atoms with van der Waals surface area (Å²) in [7, 11) is 0. The van der Waals surface area contributed by atoms with Gasteiger partial charge in [0.05, 0.1) is 5.56 Å². The number of anilines is 1. The van der Waals surface area contributed by atoms with Crippen molar-refractivity contribution in [3.63, 3.8) is 0 Å². The number of aromatic nitrogens is 1. The number of alkyl halides is 3. The van der Waals surface area contributed by atoms with Gasteiger partial charge in [0.1, 0.15) is 17.9 Å². The third-order valence-electron chi connectivity index (χ3n) is 6.43. The molecule has 2 aliphatic rings. The number of hydrogen-bond donors (Lipinski definition) is 1. The summed E-state index contributed by atoms with van der Waals surface area (Å²) in [4.78, 5) is 46.5. The molecule has 2 aromatic rings. The number of aryl methyl sites for hydroxylation is 1. The molecule has 4 amide bonds. The predicted molar refractivity (Wildman–Crippen MR) is 121 cm³/mol. The first-order chi connectivity index (χ1) is 16.6. The zero-order valence-corrected chi connectivity index (χ0v) is 19.2. The number of benzene rings is 1. The van der Waals surface area contributed by atoms with Crippen LogP contribution in [0, 0.1) is 0 Å². The van der Waals surface area contributed by atoms with E-state index < -0.39 is 29.2 Å². The van der Waals surface area contributed by atoms with Crippen molar-refractivity contribution < 1.29 is 27.6 Å². The summed E-state index contributed by atoms with van der Waals surface area (Å²) in [6.45, 7) is 2.66. The normalized spacial score (nSPS) is 20.9. The number of nitrogens with zero attached hydrogens (tertiary/aromatic N) is 4. The van der Waals surface area contributed by atoms with Gasteiger partial charge in [0.2, 0.25) is 5.91 Å². The number of halogens is 3. The van der Waals surface area contributed by atoms with Gasteiger partial charge in [-0.2, -0.15) is 13.2 Å². The molecule has 2 saturated heterocycles. The minimum absolute atomic E-state index is 0.302. The summed E-state index contributed by atoms with van der Waals surface area (Å²) < 4.78 is 38.2. The number of carbonyl (C=O) groups excluding carboxylic acids is 3. The van der Waals surface area contributed by atoms with E-state index in [4.69, 9.17) is 0 Å². The van der Waals surface area contributed by atoms with Crippen molar-refractivity contribution in [3.05, 3.63) is 59.8 Å². The number of carbonyl (C=O) groups is 3. The molecule has 1 N–H and O–H groups in total. The molecular formula is C24H26F3N5O3. The Morgan fingerprint density at radius 2 is 1.74 bits per heavy atom. The Labute approximate surface area is 200 Å². The second-order valence-electron chi connectivity index (χ2n) is 8.91. The number of piperazine rings is 1. The molecule has 186 valence electrons. The number of hydrogen-bond acceptors (Lipinski definition) is 5. The van der Waals surface area contributed by atoms with Gasteiger partial charge in [-0.15, -0.1) is 0 Å². The average molecular weight is 489 g/mol. The summed E-state index contributed by atoms with van der Waals surface area (Å²) in [6.07, 6.45) is -2.65. The van der Waals surface area contributed by atoms with Gasteiger partial charge < -0.3 is 15.1 Å². The first-order valence-corrected chi connectivity index (χ1v) is 11.3. The van der Waals surface area contributed by atoms with E-state index in [1.807, 2.05) is 30.3 Å². The smallest absolute Gasteiger partial charge is 0.353 e. The van der Waals surface area contributed by atoms with Crippen LogP contribution in [0.2, 0.25) is 0 Å². The molecule has 0 spiro atoms. The van der Waals surface area contributed by atoms with Crippen LogP contribution >= 0.6 is 0 Å². The van der Waals surface area contributed by atoms with Gasteiger partial charge in [-0.25, -0.2) is 9.78 Å². The second kappa shape index (κ2) is 9.55. The van der Waals surface area contributed by atoms with Crippen LogP contribution in [0.1, 0.15) is 24.5 Å². The molecule has 0 radical (unpaired) electrons. The Morgan fingerprint density at radius 3 is 2.34 bits per heavy atom. The van der Waals surface area contributed by atoms with E-state index in [1.54, 1.807) is 16.7 Å². The van der Waals surface area contributed by atoms with Gasteiger partial charge >= 0.3 is 12.2 Å². The van der Waals surface area contributed by atoms with Crippen LogP contribution in [0.15, 0.2) is 48.7 Å². The van der Waals surface area contributed by atoms with Crippen LogP contribution < -0.4 is 10.2 Å². The van der Waals surface area contributed by atoms with E-state index in [-0.39, 0.29) is 12.5 Å². The van der Waals surface area contributed by atoms with Crippen molar-refractivity contribution in [1.82, 2.24) is 20.1 Å². The molecule has 2 aliphatic heterocycles. The zero-order chi connectivity index (χ0) is 25.2. The van der Waals surface area contributed by atoms with Crippen molar-refractivity contribution in [1.29, 1.82) is 0 Å². The Balaban J connectivity index is 1.30. The summed E-state index contributed by atoms with van der Waals surface area (Å²) >= 11 is 0. The third-order valence-corrected chi connectivity index (χ3v) is 6.43. The maximum atomic E-state index is 13.0. The Kier molecular flexibility index (Phi) is 6.68. The van der Waals surface area contributed by atoms with Crippen molar-refractivity contribution in [3.8, 4) is 0 Å². The lowest BCUT2D eigenvalue weighted by Gasteiger charge is -2.36. The number of imide groups is 1. The van der Waals surface area contributed by atoms with Crippen LogP contribution in [-0.4, -0.2) is 70.9 Å². The highest BCUT2D eigenvalue weighted by atomic mass is 19.4. The van der Waals surface area contributed by atoms with Crippen LogP contribution in [0.4, 0.5) is 23.8 Å². The molecule has 2 fully saturated rings. The maximum absolute atomic E-state index is 13.0. The largest absolute Gasteiger partial charge is 0.417 e. The molecule has 0 unspecified atom stereocenters. The summed E-state index contributed by atoms with van der Waals surface area (Å²) in [5.74, 6) is -0.395.